The lowest BCUT2D eigenvalue weighted by Gasteiger charge is -2.09. The topological polar surface area (TPSA) is 96.9 Å². The van der Waals surface area contributed by atoms with E-state index in [0.717, 1.165) is 42.7 Å². The van der Waals surface area contributed by atoms with Crippen LogP contribution in [-0.4, -0.2) is 37.3 Å². The lowest BCUT2D eigenvalue weighted by molar-refractivity contribution is -0.117. The molecule has 0 amide bonds. The minimum atomic E-state index is 0.0626. The van der Waals surface area contributed by atoms with Gasteiger partial charge < -0.3 is 20.9 Å². The number of aliphatic hydroxyl groups excluding tert-OH is 1. The summed E-state index contributed by atoms with van der Waals surface area (Å²) < 4.78 is 5.16. The number of aliphatic hydroxyl groups is 1. The quantitative estimate of drug-likeness (QED) is 0.199. The van der Waals surface area contributed by atoms with Gasteiger partial charge in [-0.2, -0.15) is 0 Å². The molecule has 1 aromatic rings. The van der Waals surface area contributed by atoms with Crippen LogP contribution in [0, 0.1) is 0 Å². The van der Waals surface area contributed by atoms with Gasteiger partial charge in [0, 0.05) is 35.6 Å². The van der Waals surface area contributed by atoms with Gasteiger partial charge in [0.15, 0.2) is 0 Å². The monoisotopic (exact) mass is 505 g/mol. The molecule has 0 saturated heterocycles. The number of carbonyl (C=O) groups excluding carboxylic acids is 1. The Morgan fingerprint density at radius 3 is 2.62 bits per heavy atom. The molecule has 184 valence electrons. The maximum absolute atomic E-state index is 11.3. The van der Waals surface area contributed by atoms with Crippen LogP contribution in [0.2, 0.25) is 10.0 Å². The molecule has 0 atom stereocenters. The molecule has 4 N–H and O–H groups in total. The minimum Gasteiger partial charge on any atom is -0.512 e. The van der Waals surface area contributed by atoms with Crippen molar-refractivity contribution in [1.29, 1.82) is 0 Å². The van der Waals surface area contributed by atoms with Crippen molar-refractivity contribution in [3.8, 4) is 5.75 Å². The van der Waals surface area contributed by atoms with Gasteiger partial charge in [-0.05, 0) is 73.6 Å². The van der Waals surface area contributed by atoms with Crippen molar-refractivity contribution in [1.82, 2.24) is 5.32 Å². The van der Waals surface area contributed by atoms with Crippen LogP contribution in [0.25, 0.3) is 0 Å². The highest BCUT2D eigenvalue weighted by Crippen LogP contribution is 2.31. The molecular formula is C26H33Cl2N3O3. The van der Waals surface area contributed by atoms with Crippen LogP contribution in [0.15, 0.2) is 64.2 Å². The number of nitrogens with zero attached hydrogens (tertiary/aromatic N) is 1. The summed E-state index contributed by atoms with van der Waals surface area (Å²) >= 11 is 12.6. The van der Waals surface area contributed by atoms with Crippen LogP contribution in [0.1, 0.15) is 44.6 Å². The molecule has 2 rings (SSSR count). The van der Waals surface area contributed by atoms with Gasteiger partial charge in [0.2, 0.25) is 0 Å². The Bertz CT molecular complexity index is 988. The van der Waals surface area contributed by atoms with E-state index in [4.69, 9.17) is 33.7 Å². The Kier molecular flexibility index (Phi) is 11.9. The summed E-state index contributed by atoms with van der Waals surface area (Å²) in [7, 11) is 1.54. The van der Waals surface area contributed by atoms with E-state index < -0.39 is 0 Å². The number of hydrogen-bond donors (Lipinski definition) is 3. The summed E-state index contributed by atoms with van der Waals surface area (Å²) in [6, 6.07) is 3.34. The lowest BCUT2D eigenvalue weighted by Crippen LogP contribution is -2.18. The molecule has 1 heterocycles. The normalized spacial score (nSPS) is 19.1. The molecule has 1 aliphatic heterocycles. The molecule has 0 unspecified atom stereocenters. The maximum atomic E-state index is 11.3. The largest absolute Gasteiger partial charge is 0.512 e. The molecule has 1 aliphatic rings. The van der Waals surface area contributed by atoms with Crippen LogP contribution in [0.3, 0.4) is 0 Å². The first-order chi connectivity index (χ1) is 16.3. The summed E-state index contributed by atoms with van der Waals surface area (Å²) in [4.78, 5) is 15.9. The molecule has 0 aliphatic carbocycles. The summed E-state index contributed by atoms with van der Waals surface area (Å²) in [5.41, 5.74) is 7.94. The lowest BCUT2D eigenvalue weighted by atomic mass is 10.0. The maximum Gasteiger partial charge on any atom is 0.146 e. The third kappa shape index (κ3) is 9.37. The highest BCUT2D eigenvalue weighted by molar-refractivity contribution is 6.36. The van der Waals surface area contributed by atoms with Crippen LogP contribution >= 0.6 is 23.2 Å². The van der Waals surface area contributed by atoms with E-state index in [0.29, 0.717) is 34.3 Å². The zero-order chi connectivity index (χ0) is 24.9. The molecule has 8 heteroatoms. The number of nitrogens with one attached hydrogen (secondary N) is 1. The Morgan fingerprint density at radius 1 is 1.24 bits per heavy atom. The van der Waals surface area contributed by atoms with Crippen molar-refractivity contribution in [3.63, 3.8) is 0 Å². The van der Waals surface area contributed by atoms with Gasteiger partial charge in [-0.3, -0.25) is 4.79 Å². The number of aliphatic imine (C=N–C) groups is 1. The van der Waals surface area contributed by atoms with Gasteiger partial charge in [-0.25, -0.2) is 4.99 Å². The van der Waals surface area contributed by atoms with E-state index >= 15 is 0 Å². The van der Waals surface area contributed by atoms with Crippen LogP contribution in [-0.2, 0) is 11.2 Å². The highest BCUT2D eigenvalue weighted by Gasteiger charge is 2.10. The number of carbonyl (C=O) groups is 1. The molecule has 0 spiro atoms. The molecule has 0 radical (unpaired) electrons. The molecule has 0 fully saturated rings. The Morgan fingerprint density at radius 2 is 1.94 bits per heavy atom. The van der Waals surface area contributed by atoms with Gasteiger partial charge in [0.05, 0.1) is 19.4 Å². The number of Topliss-reactive ketones (excluding diaryl/α,β-unsaturated/α-hetero) is 1. The van der Waals surface area contributed by atoms with Crippen LogP contribution < -0.4 is 15.8 Å². The molecule has 34 heavy (non-hydrogen) atoms. The Labute approximate surface area is 211 Å². The average molecular weight is 506 g/mol. The van der Waals surface area contributed by atoms with Crippen molar-refractivity contribution < 1.29 is 14.6 Å². The fraction of sp³-hybridized carbons (Fsp3) is 0.385. The van der Waals surface area contributed by atoms with E-state index in [1.165, 1.54) is 0 Å². The second-order valence-electron chi connectivity index (χ2n) is 7.97. The second kappa shape index (κ2) is 14.7. The van der Waals surface area contributed by atoms with E-state index in [1.54, 1.807) is 25.3 Å². The first-order valence-corrected chi connectivity index (χ1v) is 12.1. The van der Waals surface area contributed by atoms with E-state index in [1.807, 2.05) is 19.2 Å². The van der Waals surface area contributed by atoms with E-state index in [9.17, 15) is 9.90 Å². The number of ether oxygens (including phenoxy) is 1. The van der Waals surface area contributed by atoms with Gasteiger partial charge in [-0.15, -0.1) is 0 Å². The number of nitrogens with two attached hydrogens (primary N) is 1. The second-order valence-corrected chi connectivity index (χ2v) is 8.78. The van der Waals surface area contributed by atoms with E-state index in [-0.39, 0.29) is 24.5 Å². The smallest absolute Gasteiger partial charge is 0.146 e. The number of benzene rings is 1. The van der Waals surface area contributed by atoms with Gasteiger partial charge in [-0.1, -0.05) is 35.4 Å². The summed E-state index contributed by atoms with van der Waals surface area (Å²) in [5.74, 6) is 1.56. The average Bonchev–Trinajstić information content (AvgIpc) is 2.94. The number of methoxy groups -OCH3 is 1. The first kappa shape index (κ1) is 27.7. The number of allylic oxidation sites excluding steroid dienone is 7. The van der Waals surface area contributed by atoms with Crippen LogP contribution in [0.4, 0.5) is 0 Å². The predicted molar refractivity (Wildman–Crippen MR) is 141 cm³/mol. The highest BCUT2D eigenvalue weighted by atomic mass is 35.5. The van der Waals surface area contributed by atoms with Crippen LogP contribution in [0.5, 0.6) is 5.75 Å². The number of hydrogen-bond acceptors (Lipinski definition) is 6. The van der Waals surface area contributed by atoms with Crippen molar-refractivity contribution >= 4 is 35.2 Å². The summed E-state index contributed by atoms with van der Waals surface area (Å²) in [5, 5.41) is 14.6. The standard InChI is InChI=1S/C26H33Cl2N3O3/c1-18(10-11-20(32)13-23-24(27)14-22(34-2)15-25(23)28)19-7-4-3-5-9-26(31-17-19)30-12-6-8-21(33)16-29/h7,9-11,14-15,17,30,32H,3-6,8,12-13,16,29H2,1-2H3/b18-10+,19-7+,20-11-,26-9+,31-17-. The third-order valence-electron chi connectivity index (χ3n) is 5.31. The summed E-state index contributed by atoms with van der Waals surface area (Å²) in [6.07, 6.45) is 13.8. The van der Waals surface area contributed by atoms with Gasteiger partial charge in [0.25, 0.3) is 0 Å². The number of ketones is 1. The van der Waals surface area contributed by atoms with Crippen molar-refractivity contribution in [2.75, 3.05) is 20.2 Å². The zero-order valence-electron chi connectivity index (χ0n) is 19.7. The predicted octanol–water partition coefficient (Wildman–Crippen LogP) is 5.85. The molecule has 0 bridgehead atoms. The van der Waals surface area contributed by atoms with Crippen molar-refractivity contribution in [2.24, 2.45) is 10.7 Å². The zero-order valence-corrected chi connectivity index (χ0v) is 21.3. The van der Waals surface area contributed by atoms with E-state index in [2.05, 4.69) is 22.5 Å². The molecule has 1 aromatic carbocycles. The Hall–Kier alpha value is -2.54. The molecule has 0 aromatic heterocycles. The minimum absolute atomic E-state index is 0.0626. The van der Waals surface area contributed by atoms with Gasteiger partial charge >= 0.3 is 0 Å². The van der Waals surface area contributed by atoms with Crippen molar-refractivity contribution in [2.45, 2.75) is 45.4 Å². The van der Waals surface area contributed by atoms with Crippen molar-refractivity contribution in [3.05, 3.63) is 74.8 Å². The molecule has 6 nitrogen and oxygen atoms in total. The summed E-state index contributed by atoms with van der Waals surface area (Å²) in [6.45, 7) is 2.72. The van der Waals surface area contributed by atoms with Gasteiger partial charge in [0.1, 0.15) is 17.4 Å². The Balaban J connectivity index is 2.05. The molecular weight excluding hydrogens is 473 g/mol. The fourth-order valence-corrected chi connectivity index (χ4v) is 3.87. The fourth-order valence-electron chi connectivity index (χ4n) is 3.27. The number of rotatable bonds is 11. The third-order valence-corrected chi connectivity index (χ3v) is 5.98. The first-order valence-electron chi connectivity index (χ1n) is 11.3. The molecule has 0 saturated carbocycles. The SMILES string of the molecule is COc1cc(Cl)c(C/C(O)=C/C=C(C)/C2=C/CCC/C=C(NCCCC(=O)CN)/N=C\2)c(Cl)c1. The number of halogens is 2.